The van der Waals surface area contributed by atoms with E-state index in [1.807, 2.05) is 0 Å². The maximum absolute atomic E-state index is 11.6. The molecule has 0 radical (unpaired) electrons. The van der Waals surface area contributed by atoms with Crippen molar-refractivity contribution in [3.63, 3.8) is 0 Å². The monoisotopic (exact) mass is 281 g/mol. The predicted molar refractivity (Wildman–Crippen MR) is 73.9 cm³/mol. The Morgan fingerprint density at radius 1 is 1.30 bits per heavy atom. The summed E-state index contributed by atoms with van der Waals surface area (Å²) >= 11 is 0. The highest BCUT2D eigenvalue weighted by Gasteiger charge is 2.11. The lowest BCUT2D eigenvalue weighted by molar-refractivity contribution is -0.137. The Morgan fingerprint density at radius 3 is 2.50 bits per heavy atom. The number of aliphatic carboxylic acids is 1. The molecule has 0 aliphatic heterocycles. The van der Waals surface area contributed by atoms with Gasteiger partial charge in [-0.1, -0.05) is 0 Å². The molecule has 0 heterocycles. The molecule has 1 atom stereocenters. The maximum atomic E-state index is 11.6. The number of carbonyl (C=O) groups is 2. The largest absolute Gasteiger partial charge is 0.494 e. The minimum atomic E-state index is -0.834. The van der Waals surface area contributed by atoms with E-state index < -0.39 is 12.1 Å². The van der Waals surface area contributed by atoms with E-state index in [1.54, 1.807) is 31.2 Å². The van der Waals surface area contributed by atoms with Crippen LogP contribution in [0.1, 0.15) is 19.8 Å². The Bertz CT molecular complexity index is 443. The third kappa shape index (κ3) is 5.71. The smallest absolute Gasteiger partial charge is 0.303 e. The first-order valence-electron chi connectivity index (χ1n) is 6.31. The molecular weight excluding hydrogens is 262 g/mol. The Kier molecular flexibility index (Phi) is 6.52. The van der Waals surface area contributed by atoms with Gasteiger partial charge in [-0.15, -0.1) is 0 Å². The molecule has 1 amide bonds. The zero-order valence-corrected chi connectivity index (χ0v) is 11.6. The van der Waals surface area contributed by atoms with Gasteiger partial charge in [-0.05, 0) is 37.6 Å². The number of hydrogen-bond donors (Lipinski definition) is 2. The molecule has 110 valence electrons. The van der Waals surface area contributed by atoms with Gasteiger partial charge < -0.3 is 19.9 Å². The average molecular weight is 281 g/mol. The molecule has 0 aliphatic carbocycles. The van der Waals surface area contributed by atoms with Gasteiger partial charge in [0.05, 0.1) is 6.61 Å². The van der Waals surface area contributed by atoms with Gasteiger partial charge in [-0.2, -0.15) is 0 Å². The molecule has 0 saturated carbocycles. The number of amides is 1. The summed E-state index contributed by atoms with van der Waals surface area (Å²) in [5.41, 5.74) is 0.650. The first-order valence-corrected chi connectivity index (χ1v) is 6.31. The van der Waals surface area contributed by atoms with Gasteiger partial charge in [-0.3, -0.25) is 9.59 Å². The van der Waals surface area contributed by atoms with Crippen LogP contribution >= 0.6 is 0 Å². The molecule has 1 unspecified atom stereocenters. The van der Waals surface area contributed by atoms with E-state index in [-0.39, 0.29) is 12.3 Å². The summed E-state index contributed by atoms with van der Waals surface area (Å²) in [5, 5.41) is 11.2. The minimum absolute atomic E-state index is 0.0864. The molecule has 1 aromatic carbocycles. The van der Waals surface area contributed by atoms with E-state index in [9.17, 15) is 9.59 Å². The molecule has 0 fully saturated rings. The predicted octanol–water partition coefficient (Wildman–Crippen LogP) is 1.90. The van der Waals surface area contributed by atoms with Gasteiger partial charge in [0.1, 0.15) is 11.9 Å². The van der Waals surface area contributed by atoms with E-state index in [0.717, 1.165) is 0 Å². The van der Waals surface area contributed by atoms with E-state index in [1.165, 1.54) is 7.11 Å². The number of hydrogen-bond acceptors (Lipinski definition) is 4. The molecule has 6 nitrogen and oxygen atoms in total. The van der Waals surface area contributed by atoms with Gasteiger partial charge in [0.15, 0.2) is 0 Å². The van der Waals surface area contributed by atoms with E-state index in [4.69, 9.17) is 14.6 Å². The first-order chi connectivity index (χ1) is 9.52. The van der Waals surface area contributed by atoms with Crippen LogP contribution in [0.25, 0.3) is 0 Å². The van der Waals surface area contributed by atoms with E-state index >= 15 is 0 Å². The van der Waals surface area contributed by atoms with Crippen LogP contribution in [-0.4, -0.2) is 36.8 Å². The summed E-state index contributed by atoms with van der Waals surface area (Å²) < 4.78 is 10.3. The zero-order chi connectivity index (χ0) is 15.0. The third-order valence-electron chi connectivity index (χ3n) is 2.65. The van der Waals surface area contributed by atoms with Crippen LogP contribution in [0, 0.1) is 0 Å². The second-order valence-corrected chi connectivity index (χ2v) is 4.24. The third-order valence-corrected chi connectivity index (χ3v) is 2.65. The van der Waals surface area contributed by atoms with Crippen molar-refractivity contribution in [2.45, 2.75) is 25.9 Å². The SMILES string of the molecule is COC(C)C(=O)Nc1ccc(OCCCC(=O)O)cc1. The Morgan fingerprint density at radius 2 is 1.95 bits per heavy atom. The zero-order valence-electron chi connectivity index (χ0n) is 11.6. The van der Waals surface area contributed by atoms with Crippen molar-refractivity contribution >= 4 is 17.6 Å². The van der Waals surface area contributed by atoms with Crippen molar-refractivity contribution in [2.24, 2.45) is 0 Å². The summed E-state index contributed by atoms with van der Waals surface area (Å²) in [6.45, 7) is 2.01. The number of carbonyl (C=O) groups excluding carboxylic acids is 1. The summed E-state index contributed by atoms with van der Waals surface area (Å²) in [7, 11) is 1.47. The Labute approximate surface area is 117 Å². The number of rotatable bonds is 8. The van der Waals surface area contributed by atoms with Gasteiger partial charge in [-0.25, -0.2) is 0 Å². The number of ether oxygens (including phenoxy) is 2. The van der Waals surface area contributed by atoms with Crippen molar-refractivity contribution < 1.29 is 24.2 Å². The summed E-state index contributed by atoms with van der Waals surface area (Å²) in [5.74, 6) is -0.422. The van der Waals surface area contributed by atoms with Crippen LogP contribution < -0.4 is 10.1 Å². The topological polar surface area (TPSA) is 84.9 Å². The molecule has 0 bridgehead atoms. The fourth-order valence-electron chi connectivity index (χ4n) is 1.40. The molecule has 0 saturated heterocycles. The second-order valence-electron chi connectivity index (χ2n) is 4.24. The van der Waals surface area contributed by atoms with E-state index in [2.05, 4.69) is 5.32 Å². The quantitative estimate of drug-likeness (QED) is 0.711. The lowest BCUT2D eigenvalue weighted by Gasteiger charge is -2.11. The van der Waals surface area contributed by atoms with Gasteiger partial charge in [0, 0.05) is 19.2 Å². The highest BCUT2D eigenvalue weighted by molar-refractivity contribution is 5.93. The number of methoxy groups -OCH3 is 1. The first kappa shape index (κ1) is 16.0. The minimum Gasteiger partial charge on any atom is -0.494 e. The van der Waals surface area contributed by atoms with Crippen LogP contribution in [0.15, 0.2) is 24.3 Å². The highest BCUT2D eigenvalue weighted by Crippen LogP contribution is 2.16. The molecule has 0 aliphatic rings. The maximum Gasteiger partial charge on any atom is 0.303 e. The van der Waals surface area contributed by atoms with Crippen LogP contribution in [-0.2, 0) is 14.3 Å². The van der Waals surface area contributed by atoms with Gasteiger partial charge in [0.25, 0.3) is 5.91 Å². The average Bonchev–Trinajstić information content (AvgIpc) is 2.44. The summed E-state index contributed by atoms with van der Waals surface area (Å²) in [6.07, 6.45) is 0.0318. The molecule has 0 spiro atoms. The van der Waals surface area contributed by atoms with Crippen LogP contribution in [0.2, 0.25) is 0 Å². The molecule has 6 heteroatoms. The summed E-state index contributed by atoms with van der Waals surface area (Å²) in [4.78, 5) is 21.9. The number of carboxylic acids is 1. The van der Waals surface area contributed by atoms with Gasteiger partial charge >= 0.3 is 5.97 Å². The molecule has 20 heavy (non-hydrogen) atoms. The Hall–Kier alpha value is -2.08. The van der Waals surface area contributed by atoms with Crippen LogP contribution in [0.4, 0.5) is 5.69 Å². The molecular formula is C14H19NO5. The van der Waals surface area contributed by atoms with Crippen molar-refractivity contribution in [2.75, 3.05) is 19.0 Å². The number of carboxylic acid groups (broad SMARTS) is 1. The lowest BCUT2D eigenvalue weighted by atomic mass is 10.2. The van der Waals surface area contributed by atoms with Crippen molar-refractivity contribution in [1.29, 1.82) is 0 Å². The normalized spacial score (nSPS) is 11.7. The van der Waals surface area contributed by atoms with Gasteiger partial charge in [0.2, 0.25) is 0 Å². The highest BCUT2D eigenvalue weighted by atomic mass is 16.5. The second kappa shape index (κ2) is 8.16. The van der Waals surface area contributed by atoms with E-state index in [0.29, 0.717) is 24.5 Å². The molecule has 1 rings (SSSR count). The number of anilines is 1. The fraction of sp³-hybridized carbons (Fsp3) is 0.429. The Balaban J connectivity index is 2.40. The van der Waals surface area contributed by atoms with Crippen LogP contribution in [0.5, 0.6) is 5.75 Å². The standard InChI is InChI=1S/C14H19NO5/c1-10(19-2)14(18)15-11-5-7-12(8-6-11)20-9-3-4-13(16)17/h5-8,10H,3-4,9H2,1-2H3,(H,15,18)(H,16,17). The molecule has 1 aromatic rings. The van der Waals surface area contributed by atoms with Crippen molar-refractivity contribution in [1.82, 2.24) is 0 Å². The summed E-state index contributed by atoms with van der Waals surface area (Å²) in [6, 6.07) is 6.86. The van der Waals surface area contributed by atoms with Crippen molar-refractivity contribution in [3.8, 4) is 5.75 Å². The number of nitrogens with one attached hydrogen (secondary N) is 1. The molecule has 2 N–H and O–H groups in total. The lowest BCUT2D eigenvalue weighted by Crippen LogP contribution is -2.26. The fourth-order valence-corrected chi connectivity index (χ4v) is 1.40. The number of benzene rings is 1. The van der Waals surface area contributed by atoms with Crippen molar-refractivity contribution in [3.05, 3.63) is 24.3 Å². The van der Waals surface area contributed by atoms with Crippen LogP contribution in [0.3, 0.4) is 0 Å². The molecule has 0 aromatic heterocycles.